The summed E-state index contributed by atoms with van der Waals surface area (Å²) in [6, 6.07) is 7.42. The van der Waals surface area contributed by atoms with Gasteiger partial charge in [-0.05, 0) is 75.8 Å². The number of carbonyl (C=O) groups is 2. The van der Waals surface area contributed by atoms with E-state index in [4.69, 9.17) is 15.2 Å². The van der Waals surface area contributed by atoms with Crippen LogP contribution in [0.4, 0.5) is 0 Å². The number of ether oxygens (including phenoxy) is 2. The molecule has 28 heavy (non-hydrogen) atoms. The minimum Gasteiger partial charge on any atom is -0.493 e. The summed E-state index contributed by atoms with van der Waals surface area (Å²) in [5.41, 5.74) is 4.38. The standard InChI is InChI=1S/C22H30N2O4/c1-21(2,28-17-7-5-4-6-16(17)27-3)20(26)24-18-14-8-13-9-15(18)12-22(10-13,11-14)19(23)25/h4-7,13-15,18H,8-12H2,1-3H3,(H2,23,25)(H,24,26). The fourth-order valence-electron chi connectivity index (χ4n) is 5.91. The zero-order chi connectivity index (χ0) is 20.1. The lowest BCUT2D eigenvalue weighted by Gasteiger charge is -2.59. The Hall–Kier alpha value is -2.24. The summed E-state index contributed by atoms with van der Waals surface area (Å²) < 4.78 is 11.4. The number of rotatable bonds is 6. The van der Waals surface area contributed by atoms with Gasteiger partial charge in [0.25, 0.3) is 5.91 Å². The molecule has 4 fully saturated rings. The fraction of sp³-hybridized carbons (Fsp3) is 0.636. The van der Waals surface area contributed by atoms with E-state index in [2.05, 4.69) is 5.32 Å². The fourth-order valence-corrected chi connectivity index (χ4v) is 5.91. The van der Waals surface area contributed by atoms with Crippen molar-refractivity contribution in [2.45, 2.75) is 57.6 Å². The molecular formula is C22H30N2O4. The molecule has 4 aliphatic carbocycles. The average molecular weight is 386 g/mol. The maximum Gasteiger partial charge on any atom is 0.263 e. The Morgan fingerprint density at radius 1 is 1.11 bits per heavy atom. The molecule has 0 saturated heterocycles. The van der Waals surface area contributed by atoms with E-state index in [0.29, 0.717) is 29.3 Å². The van der Waals surface area contributed by atoms with Crippen LogP contribution in [0.25, 0.3) is 0 Å². The largest absolute Gasteiger partial charge is 0.493 e. The number of primary amides is 1. The molecule has 4 aliphatic rings. The number of nitrogens with two attached hydrogens (primary N) is 1. The predicted molar refractivity (Wildman–Crippen MR) is 105 cm³/mol. The van der Waals surface area contributed by atoms with Crippen LogP contribution in [0.15, 0.2) is 24.3 Å². The first-order chi connectivity index (χ1) is 13.2. The van der Waals surface area contributed by atoms with Crippen LogP contribution in [0.1, 0.15) is 46.0 Å². The third-order valence-electron chi connectivity index (χ3n) is 7.07. The first kappa shape index (κ1) is 19.1. The SMILES string of the molecule is COc1ccccc1OC(C)(C)C(=O)NC1C2CC3CC1CC(C(N)=O)(C3)C2. The van der Waals surface area contributed by atoms with Crippen LogP contribution >= 0.6 is 0 Å². The van der Waals surface area contributed by atoms with Crippen LogP contribution in [-0.4, -0.2) is 30.6 Å². The molecule has 0 radical (unpaired) electrons. The lowest BCUT2D eigenvalue weighted by Crippen LogP contribution is -2.63. The second-order valence-electron chi connectivity index (χ2n) is 9.38. The van der Waals surface area contributed by atoms with Crippen molar-refractivity contribution < 1.29 is 19.1 Å². The summed E-state index contributed by atoms with van der Waals surface area (Å²) in [6.45, 7) is 3.55. The Morgan fingerprint density at radius 3 is 2.29 bits per heavy atom. The third-order valence-corrected chi connectivity index (χ3v) is 7.07. The van der Waals surface area contributed by atoms with Crippen LogP contribution in [0, 0.1) is 23.2 Å². The molecule has 6 nitrogen and oxygen atoms in total. The third kappa shape index (κ3) is 3.12. The molecule has 2 amide bonds. The van der Waals surface area contributed by atoms with Crippen molar-refractivity contribution in [3.05, 3.63) is 24.3 Å². The summed E-state index contributed by atoms with van der Waals surface area (Å²) in [5, 5.41) is 3.26. The molecule has 3 N–H and O–H groups in total. The number of nitrogens with one attached hydrogen (secondary N) is 1. The Labute approximate surface area is 166 Å². The minimum atomic E-state index is -1.04. The molecule has 6 heteroatoms. The minimum absolute atomic E-state index is 0.0945. The Bertz CT molecular complexity index is 774. The number of methoxy groups -OCH3 is 1. The van der Waals surface area contributed by atoms with E-state index in [9.17, 15) is 9.59 Å². The topological polar surface area (TPSA) is 90.7 Å². The van der Waals surface area contributed by atoms with Gasteiger partial charge in [0.2, 0.25) is 5.91 Å². The molecule has 4 saturated carbocycles. The van der Waals surface area contributed by atoms with Crippen molar-refractivity contribution in [1.29, 1.82) is 0 Å². The lowest BCUT2D eigenvalue weighted by molar-refractivity contribution is -0.150. The van der Waals surface area contributed by atoms with E-state index in [1.807, 2.05) is 18.2 Å². The van der Waals surface area contributed by atoms with Gasteiger partial charge >= 0.3 is 0 Å². The molecule has 0 aromatic heterocycles. The Balaban J connectivity index is 1.47. The second-order valence-corrected chi connectivity index (χ2v) is 9.38. The van der Waals surface area contributed by atoms with Gasteiger partial charge in [0, 0.05) is 11.5 Å². The molecule has 4 bridgehead atoms. The Kier molecular flexibility index (Phi) is 4.55. The highest BCUT2D eigenvalue weighted by atomic mass is 16.5. The lowest BCUT2D eigenvalue weighted by atomic mass is 9.47. The monoisotopic (exact) mass is 386 g/mol. The van der Waals surface area contributed by atoms with Crippen molar-refractivity contribution in [3.8, 4) is 11.5 Å². The first-order valence-corrected chi connectivity index (χ1v) is 10.2. The number of benzene rings is 1. The summed E-state index contributed by atoms with van der Waals surface area (Å²) in [5.74, 6) is 2.07. The van der Waals surface area contributed by atoms with E-state index >= 15 is 0 Å². The van der Waals surface area contributed by atoms with Crippen LogP contribution in [0.2, 0.25) is 0 Å². The van der Waals surface area contributed by atoms with Gasteiger partial charge in [-0.15, -0.1) is 0 Å². The molecule has 5 rings (SSSR count). The van der Waals surface area contributed by atoms with Crippen LogP contribution in [0.3, 0.4) is 0 Å². The highest BCUT2D eigenvalue weighted by Gasteiger charge is 2.58. The van der Waals surface area contributed by atoms with E-state index in [-0.39, 0.29) is 23.3 Å². The number of hydrogen-bond acceptors (Lipinski definition) is 4. The maximum absolute atomic E-state index is 13.1. The predicted octanol–water partition coefficient (Wildman–Crippen LogP) is 2.65. The number of amides is 2. The highest BCUT2D eigenvalue weighted by Crippen LogP contribution is 2.59. The van der Waals surface area contributed by atoms with Gasteiger partial charge in [-0.3, -0.25) is 9.59 Å². The smallest absolute Gasteiger partial charge is 0.263 e. The molecule has 0 heterocycles. The van der Waals surface area contributed by atoms with Crippen molar-refractivity contribution >= 4 is 11.8 Å². The second kappa shape index (κ2) is 6.68. The van der Waals surface area contributed by atoms with Crippen LogP contribution in [0.5, 0.6) is 11.5 Å². The summed E-state index contributed by atoms with van der Waals surface area (Å²) >= 11 is 0. The molecule has 152 valence electrons. The van der Waals surface area contributed by atoms with Gasteiger partial charge in [0.15, 0.2) is 17.1 Å². The van der Waals surface area contributed by atoms with E-state index in [1.165, 1.54) is 0 Å². The van der Waals surface area contributed by atoms with Gasteiger partial charge in [-0.1, -0.05) is 12.1 Å². The zero-order valence-corrected chi connectivity index (χ0v) is 16.9. The molecule has 0 spiro atoms. The van der Waals surface area contributed by atoms with Crippen molar-refractivity contribution in [1.82, 2.24) is 5.32 Å². The average Bonchev–Trinajstić information content (AvgIpc) is 2.64. The number of para-hydroxylation sites is 2. The van der Waals surface area contributed by atoms with E-state index in [0.717, 1.165) is 32.1 Å². The molecule has 2 atom stereocenters. The highest BCUT2D eigenvalue weighted by molar-refractivity contribution is 5.85. The normalized spacial score (nSPS) is 33.4. The summed E-state index contributed by atoms with van der Waals surface area (Å²) in [4.78, 5) is 25.2. The van der Waals surface area contributed by atoms with Gasteiger partial charge in [-0.25, -0.2) is 0 Å². The van der Waals surface area contributed by atoms with Gasteiger partial charge in [0.1, 0.15) is 0 Å². The first-order valence-electron chi connectivity index (χ1n) is 10.2. The summed E-state index contributed by atoms with van der Waals surface area (Å²) in [7, 11) is 1.58. The van der Waals surface area contributed by atoms with Gasteiger partial charge < -0.3 is 20.5 Å². The number of carbonyl (C=O) groups excluding carboxylic acids is 2. The van der Waals surface area contributed by atoms with Gasteiger partial charge in [0.05, 0.1) is 7.11 Å². The molecular weight excluding hydrogens is 356 g/mol. The van der Waals surface area contributed by atoms with E-state index in [1.54, 1.807) is 27.0 Å². The summed E-state index contributed by atoms with van der Waals surface area (Å²) in [6.07, 6.45) is 4.68. The molecule has 2 unspecified atom stereocenters. The van der Waals surface area contributed by atoms with Gasteiger partial charge in [-0.2, -0.15) is 0 Å². The molecule has 1 aromatic carbocycles. The maximum atomic E-state index is 13.1. The number of hydrogen-bond donors (Lipinski definition) is 2. The zero-order valence-electron chi connectivity index (χ0n) is 16.9. The van der Waals surface area contributed by atoms with Crippen LogP contribution < -0.4 is 20.5 Å². The molecule has 1 aromatic rings. The van der Waals surface area contributed by atoms with Crippen molar-refractivity contribution in [3.63, 3.8) is 0 Å². The van der Waals surface area contributed by atoms with Crippen LogP contribution in [-0.2, 0) is 9.59 Å². The molecule has 0 aliphatic heterocycles. The Morgan fingerprint density at radius 2 is 1.71 bits per heavy atom. The van der Waals surface area contributed by atoms with Crippen molar-refractivity contribution in [2.24, 2.45) is 28.9 Å². The van der Waals surface area contributed by atoms with Crippen molar-refractivity contribution in [2.75, 3.05) is 7.11 Å². The van der Waals surface area contributed by atoms with E-state index < -0.39 is 5.60 Å². The quantitative estimate of drug-likeness (QED) is 0.786.